The maximum absolute atomic E-state index is 14.2. The van der Waals surface area contributed by atoms with Gasteiger partial charge in [0.2, 0.25) is 5.91 Å². The van der Waals surface area contributed by atoms with Crippen LogP contribution in [0.25, 0.3) is 6.08 Å². The number of ether oxygens (including phenoxy) is 1. The first-order valence-corrected chi connectivity index (χ1v) is 8.39. The van der Waals surface area contributed by atoms with Gasteiger partial charge in [0, 0.05) is 18.5 Å². The molecule has 0 spiro atoms. The zero-order valence-corrected chi connectivity index (χ0v) is 15.0. The minimum Gasteiger partial charge on any atom is -0.453 e. The molecule has 2 heterocycles. The van der Waals surface area contributed by atoms with Gasteiger partial charge in [-0.05, 0) is 42.0 Å². The van der Waals surface area contributed by atoms with Gasteiger partial charge in [0.15, 0.2) is 11.6 Å². The van der Waals surface area contributed by atoms with Crippen LogP contribution in [0.2, 0.25) is 0 Å². The van der Waals surface area contributed by atoms with Crippen LogP contribution in [0.5, 0.6) is 11.5 Å². The van der Waals surface area contributed by atoms with Crippen molar-refractivity contribution in [2.24, 2.45) is 0 Å². The first-order valence-electron chi connectivity index (χ1n) is 8.39. The second-order valence-electron chi connectivity index (χ2n) is 5.93. The second kappa shape index (κ2) is 8.60. The van der Waals surface area contributed by atoms with Crippen LogP contribution in [-0.4, -0.2) is 15.9 Å². The van der Waals surface area contributed by atoms with E-state index in [1.165, 1.54) is 30.6 Å². The van der Waals surface area contributed by atoms with Crippen molar-refractivity contribution in [2.75, 3.05) is 5.32 Å². The quantitative estimate of drug-likeness (QED) is 0.475. The highest BCUT2D eigenvalue weighted by Crippen LogP contribution is 2.29. The van der Waals surface area contributed by atoms with E-state index in [-0.39, 0.29) is 5.75 Å². The van der Waals surface area contributed by atoms with E-state index in [1.807, 2.05) is 4.98 Å². The summed E-state index contributed by atoms with van der Waals surface area (Å²) in [5.41, 5.74) is -2.29. The summed E-state index contributed by atoms with van der Waals surface area (Å²) in [5, 5.41) is 2.06. The summed E-state index contributed by atoms with van der Waals surface area (Å²) in [7, 11) is 0. The van der Waals surface area contributed by atoms with Gasteiger partial charge in [-0.2, -0.15) is 13.2 Å². The molecule has 0 radical (unpaired) electrons. The Labute approximate surface area is 166 Å². The number of nitrogens with zero attached hydrogens (tertiary/aromatic N) is 1. The molecule has 0 aliphatic rings. The van der Waals surface area contributed by atoms with Crippen molar-refractivity contribution in [2.45, 2.75) is 6.18 Å². The van der Waals surface area contributed by atoms with E-state index < -0.39 is 34.7 Å². The van der Waals surface area contributed by atoms with Crippen molar-refractivity contribution in [3.63, 3.8) is 0 Å². The number of hydrogen-bond donors (Lipinski definition) is 2. The number of hydrogen-bond acceptors (Lipinski definition) is 4. The van der Waals surface area contributed by atoms with Gasteiger partial charge < -0.3 is 15.0 Å². The van der Waals surface area contributed by atoms with E-state index in [0.717, 1.165) is 12.1 Å². The average molecular weight is 419 g/mol. The normalized spacial score (nSPS) is 11.5. The molecule has 2 N–H and O–H groups in total. The van der Waals surface area contributed by atoms with Crippen molar-refractivity contribution in [1.29, 1.82) is 0 Å². The molecule has 1 amide bonds. The lowest BCUT2D eigenvalue weighted by Gasteiger charge is -2.08. The molecule has 0 atom stereocenters. The van der Waals surface area contributed by atoms with Gasteiger partial charge in [0.1, 0.15) is 11.4 Å². The van der Waals surface area contributed by atoms with E-state index in [9.17, 15) is 27.2 Å². The van der Waals surface area contributed by atoms with E-state index >= 15 is 0 Å². The number of anilines is 1. The number of nitrogens with one attached hydrogen (secondary N) is 2. The number of H-pyrrole nitrogens is 1. The standard InChI is InChI=1S/C20H13F4N3O3/c21-15-8-12(3-5-17(15)30-14-2-1-7-25-11-14)4-6-18(28)27-16-9-13(20(22,23)24)10-26-19(16)29/h1-11H,(H,26,29)(H,27,28)/b6-4+. The molecule has 3 aromatic rings. The molecule has 0 aliphatic heterocycles. The topological polar surface area (TPSA) is 84.1 Å². The number of alkyl halides is 3. The first-order chi connectivity index (χ1) is 14.2. The number of aromatic nitrogens is 2. The van der Waals surface area contributed by atoms with E-state index in [0.29, 0.717) is 23.6 Å². The van der Waals surface area contributed by atoms with E-state index in [4.69, 9.17) is 4.74 Å². The molecule has 30 heavy (non-hydrogen) atoms. The molecule has 1 aromatic carbocycles. The highest BCUT2D eigenvalue weighted by atomic mass is 19.4. The van der Waals surface area contributed by atoms with Crippen molar-refractivity contribution in [1.82, 2.24) is 9.97 Å². The fourth-order valence-corrected chi connectivity index (χ4v) is 2.32. The largest absolute Gasteiger partial charge is 0.453 e. The zero-order chi connectivity index (χ0) is 21.7. The summed E-state index contributed by atoms with van der Waals surface area (Å²) in [6, 6.07) is 7.66. The summed E-state index contributed by atoms with van der Waals surface area (Å²) in [6.07, 6.45) is 0.953. The Morgan fingerprint density at radius 2 is 2.00 bits per heavy atom. The third-order valence-electron chi connectivity index (χ3n) is 3.73. The SMILES string of the molecule is O=C(/C=C/c1ccc(Oc2cccnc2)c(F)c1)Nc1cc(C(F)(F)F)c[nH]c1=O. The van der Waals surface area contributed by atoms with Crippen LogP contribution in [0.3, 0.4) is 0 Å². The van der Waals surface area contributed by atoms with Crippen LogP contribution in [0.4, 0.5) is 23.2 Å². The number of rotatable bonds is 5. The van der Waals surface area contributed by atoms with Crippen LogP contribution in [0.15, 0.2) is 65.9 Å². The molecule has 0 saturated carbocycles. The second-order valence-corrected chi connectivity index (χ2v) is 5.93. The molecule has 0 aliphatic carbocycles. The Kier molecular flexibility index (Phi) is 5.95. The number of benzene rings is 1. The fraction of sp³-hybridized carbons (Fsp3) is 0.0500. The Morgan fingerprint density at radius 1 is 1.20 bits per heavy atom. The highest BCUT2D eigenvalue weighted by Gasteiger charge is 2.31. The van der Waals surface area contributed by atoms with Crippen LogP contribution < -0.4 is 15.6 Å². The highest BCUT2D eigenvalue weighted by molar-refractivity contribution is 6.01. The Bertz CT molecular complexity index is 1140. The smallest absolute Gasteiger partial charge is 0.417 e. The Hall–Kier alpha value is -3.95. The molecular weight excluding hydrogens is 406 g/mol. The summed E-state index contributed by atoms with van der Waals surface area (Å²) in [5.74, 6) is -1.28. The van der Waals surface area contributed by atoms with Crippen molar-refractivity contribution in [3.05, 3.63) is 88.4 Å². The van der Waals surface area contributed by atoms with E-state index in [1.54, 1.807) is 12.1 Å². The molecule has 0 fully saturated rings. The number of pyridine rings is 2. The lowest BCUT2D eigenvalue weighted by molar-refractivity contribution is -0.137. The maximum Gasteiger partial charge on any atom is 0.417 e. The minimum absolute atomic E-state index is 0.0555. The number of carbonyl (C=O) groups excluding carboxylic acids is 1. The third kappa shape index (κ3) is 5.31. The number of halogens is 4. The van der Waals surface area contributed by atoms with Gasteiger partial charge in [0.05, 0.1) is 11.8 Å². The number of amides is 1. The van der Waals surface area contributed by atoms with Crippen molar-refractivity contribution in [3.8, 4) is 11.5 Å². The van der Waals surface area contributed by atoms with Gasteiger partial charge in [-0.1, -0.05) is 6.07 Å². The zero-order valence-electron chi connectivity index (χ0n) is 15.0. The summed E-state index contributed by atoms with van der Waals surface area (Å²) in [6.45, 7) is 0. The molecule has 0 unspecified atom stereocenters. The number of carbonyl (C=O) groups is 1. The lowest BCUT2D eigenvalue weighted by Crippen LogP contribution is -2.20. The lowest BCUT2D eigenvalue weighted by atomic mass is 10.2. The van der Waals surface area contributed by atoms with Gasteiger partial charge in [-0.25, -0.2) is 4.39 Å². The average Bonchev–Trinajstić information content (AvgIpc) is 2.70. The summed E-state index contributed by atoms with van der Waals surface area (Å²) >= 11 is 0. The van der Waals surface area contributed by atoms with Crippen LogP contribution in [0, 0.1) is 5.82 Å². The maximum atomic E-state index is 14.2. The summed E-state index contributed by atoms with van der Waals surface area (Å²) < 4.78 is 57.7. The third-order valence-corrected chi connectivity index (χ3v) is 3.73. The van der Waals surface area contributed by atoms with E-state index in [2.05, 4.69) is 10.3 Å². The van der Waals surface area contributed by atoms with Gasteiger partial charge in [-0.15, -0.1) is 0 Å². The Balaban J connectivity index is 1.69. The predicted octanol–water partition coefficient (Wildman–Crippen LogP) is 4.37. The van der Waals surface area contributed by atoms with Crippen LogP contribution in [-0.2, 0) is 11.0 Å². The monoisotopic (exact) mass is 419 g/mol. The molecule has 10 heteroatoms. The number of aromatic amines is 1. The molecule has 154 valence electrons. The van der Waals surface area contributed by atoms with Gasteiger partial charge in [0.25, 0.3) is 5.56 Å². The van der Waals surface area contributed by atoms with Gasteiger partial charge in [-0.3, -0.25) is 14.6 Å². The van der Waals surface area contributed by atoms with Crippen molar-refractivity contribution < 1.29 is 27.1 Å². The molecular formula is C20H13F4N3O3. The minimum atomic E-state index is -4.68. The predicted molar refractivity (Wildman–Crippen MR) is 100 cm³/mol. The fourth-order valence-electron chi connectivity index (χ4n) is 2.32. The van der Waals surface area contributed by atoms with Crippen LogP contribution >= 0.6 is 0 Å². The molecule has 3 rings (SSSR count). The van der Waals surface area contributed by atoms with Crippen molar-refractivity contribution >= 4 is 17.7 Å². The molecule has 0 bridgehead atoms. The first kappa shape index (κ1) is 20.8. The molecule has 0 saturated heterocycles. The molecule has 2 aromatic heterocycles. The summed E-state index contributed by atoms with van der Waals surface area (Å²) in [4.78, 5) is 29.3. The van der Waals surface area contributed by atoms with Gasteiger partial charge >= 0.3 is 6.18 Å². The van der Waals surface area contributed by atoms with Crippen LogP contribution in [0.1, 0.15) is 11.1 Å². The molecule has 6 nitrogen and oxygen atoms in total. The Morgan fingerprint density at radius 3 is 2.67 bits per heavy atom.